The summed E-state index contributed by atoms with van der Waals surface area (Å²) in [7, 11) is 2.01. The van der Waals surface area contributed by atoms with Gasteiger partial charge in [-0.2, -0.15) is 0 Å². The topological polar surface area (TPSA) is 69.6 Å². The second-order valence-corrected chi connectivity index (χ2v) is 11.2. The van der Waals surface area contributed by atoms with Crippen molar-refractivity contribution in [2.75, 3.05) is 7.05 Å². The highest BCUT2D eigenvalue weighted by atomic mass is 16.3. The number of hydrogen-bond donors (Lipinski definition) is 2. The highest BCUT2D eigenvalue weighted by Gasteiger charge is 2.61. The van der Waals surface area contributed by atoms with Gasteiger partial charge in [-0.3, -0.25) is 9.59 Å². The third-order valence-corrected chi connectivity index (χ3v) is 9.42. The maximum absolute atomic E-state index is 12.4. The van der Waals surface area contributed by atoms with Gasteiger partial charge in [0, 0.05) is 25.6 Å². The number of carbonyl (C=O) groups excluding carboxylic acids is 2. The second-order valence-electron chi connectivity index (χ2n) is 11.2. The number of amides is 2. The fourth-order valence-electron chi connectivity index (χ4n) is 7.72. The molecule has 158 valence electrons. The summed E-state index contributed by atoms with van der Waals surface area (Å²) >= 11 is 0. The SMILES string of the molecule is CN1C(=O)CC[C@]2(C)[C@H]3CC[C@]4(C)C(NC(=O)C(C)(C)O)CC[C@H]4[C@@H]3CC[C@@H]12. The summed E-state index contributed by atoms with van der Waals surface area (Å²) in [5, 5.41) is 13.3. The van der Waals surface area contributed by atoms with Gasteiger partial charge in [0.25, 0.3) is 5.91 Å². The van der Waals surface area contributed by atoms with E-state index in [0.717, 1.165) is 25.7 Å². The number of likely N-dealkylation sites (tertiary alicyclic amines) is 1. The van der Waals surface area contributed by atoms with Crippen LogP contribution in [-0.2, 0) is 9.59 Å². The van der Waals surface area contributed by atoms with Crippen molar-refractivity contribution >= 4 is 11.8 Å². The Morgan fingerprint density at radius 2 is 1.75 bits per heavy atom. The molecule has 2 amide bonds. The van der Waals surface area contributed by atoms with Crippen LogP contribution in [-0.4, -0.2) is 46.6 Å². The van der Waals surface area contributed by atoms with Crippen LogP contribution in [0.1, 0.15) is 79.1 Å². The predicted molar refractivity (Wildman–Crippen MR) is 108 cm³/mol. The lowest BCUT2D eigenvalue weighted by molar-refractivity contribution is -0.158. The molecule has 1 saturated heterocycles. The standard InChI is InChI=1S/C23H38N2O3/c1-21(2,28)20(27)24-17-8-7-15-14-6-9-18-23(4,13-11-19(26)25(18)5)16(14)10-12-22(15,17)3/h14-18,28H,6-13H2,1-5H3,(H,24,27)/t14-,15-,16-,17?,18+,22-,23+/m0/s1. The molecule has 4 aliphatic rings. The van der Waals surface area contributed by atoms with Gasteiger partial charge in [-0.25, -0.2) is 0 Å². The van der Waals surface area contributed by atoms with Gasteiger partial charge >= 0.3 is 0 Å². The van der Waals surface area contributed by atoms with E-state index in [1.807, 2.05) is 7.05 Å². The Bertz CT molecular complexity index is 671. The number of rotatable bonds is 2. The fraction of sp³-hybridized carbons (Fsp3) is 0.913. The minimum Gasteiger partial charge on any atom is -0.381 e. The molecular weight excluding hydrogens is 352 g/mol. The second kappa shape index (κ2) is 6.45. The lowest BCUT2D eigenvalue weighted by Gasteiger charge is -2.61. The summed E-state index contributed by atoms with van der Waals surface area (Å²) in [6.45, 7) is 7.96. The Morgan fingerprint density at radius 1 is 1.07 bits per heavy atom. The molecule has 1 heterocycles. The molecule has 0 spiro atoms. The van der Waals surface area contributed by atoms with Gasteiger partial charge in [-0.1, -0.05) is 13.8 Å². The van der Waals surface area contributed by atoms with Crippen LogP contribution in [0, 0.1) is 28.6 Å². The van der Waals surface area contributed by atoms with E-state index in [1.165, 1.54) is 19.3 Å². The first kappa shape index (κ1) is 20.2. The monoisotopic (exact) mass is 390 g/mol. The van der Waals surface area contributed by atoms with E-state index in [2.05, 4.69) is 24.1 Å². The molecule has 0 aromatic heterocycles. The van der Waals surface area contributed by atoms with Crippen LogP contribution in [0.3, 0.4) is 0 Å². The maximum atomic E-state index is 12.4. The van der Waals surface area contributed by atoms with Crippen molar-refractivity contribution in [1.29, 1.82) is 0 Å². The molecule has 1 unspecified atom stereocenters. The zero-order valence-corrected chi connectivity index (χ0v) is 18.3. The van der Waals surface area contributed by atoms with Crippen molar-refractivity contribution in [3.63, 3.8) is 0 Å². The summed E-state index contributed by atoms with van der Waals surface area (Å²) in [5.74, 6) is 2.09. The highest BCUT2D eigenvalue weighted by molar-refractivity contribution is 5.84. The van der Waals surface area contributed by atoms with Gasteiger partial charge in [-0.05, 0) is 87.4 Å². The average molecular weight is 391 g/mol. The number of hydrogen-bond acceptors (Lipinski definition) is 3. The van der Waals surface area contributed by atoms with E-state index in [1.54, 1.807) is 13.8 Å². The van der Waals surface area contributed by atoms with Gasteiger partial charge in [0.2, 0.25) is 5.91 Å². The van der Waals surface area contributed by atoms with Crippen LogP contribution in [0.4, 0.5) is 0 Å². The first-order valence-corrected chi connectivity index (χ1v) is 11.3. The Hall–Kier alpha value is -1.10. The van der Waals surface area contributed by atoms with Crippen LogP contribution in [0.2, 0.25) is 0 Å². The van der Waals surface area contributed by atoms with E-state index in [4.69, 9.17) is 0 Å². The summed E-state index contributed by atoms with van der Waals surface area (Å²) in [5.41, 5.74) is -0.959. The molecule has 3 aliphatic carbocycles. The third-order valence-electron chi connectivity index (χ3n) is 9.42. The first-order valence-electron chi connectivity index (χ1n) is 11.3. The first-order chi connectivity index (χ1) is 13.0. The molecule has 7 atom stereocenters. The molecule has 5 nitrogen and oxygen atoms in total. The quantitative estimate of drug-likeness (QED) is 0.761. The molecule has 0 aromatic carbocycles. The summed E-state index contributed by atoms with van der Waals surface area (Å²) in [6.07, 6.45) is 8.57. The van der Waals surface area contributed by atoms with E-state index >= 15 is 0 Å². The van der Waals surface area contributed by atoms with Crippen molar-refractivity contribution in [2.45, 2.75) is 96.7 Å². The van der Waals surface area contributed by atoms with Crippen molar-refractivity contribution in [3.8, 4) is 0 Å². The molecule has 3 saturated carbocycles. The molecule has 5 heteroatoms. The van der Waals surface area contributed by atoms with Crippen molar-refractivity contribution in [1.82, 2.24) is 10.2 Å². The molecule has 0 bridgehead atoms. The molecule has 0 radical (unpaired) electrons. The number of piperidine rings is 1. The van der Waals surface area contributed by atoms with E-state index in [0.29, 0.717) is 36.1 Å². The fourth-order valence-corrected chi connectivity index (χ4v) is 7.72. The van der Waals surface area contributed by atoms with E-state index < -0.39 is 5.60 Å². The number of aliphatic hydroxyl groups is 1. The maximum Gasteiger partial charge on any atom is 0.251 e. The van der Waals surface area contributed by atoms with Crippen LogP contribution in [0.15, 0.2) is 0 Å². The molecule has 28 heavy (non-hydrogen) atoms. The summed E-state index contributed by atoms with van der Waals surface area (Å²) in [4.78, 5) is 26.8. The highest BCUT2D eigenvalue weighted by Crippen LogP contribution is 2.64. The Morgan fingerprint density at radius 3 is 2.43 bits per heavy atom. The largest absolute Gasteiger partial charge is 0.381 e. The molecular formula is C23H38N2O3. The molecule has 2 N–H and O–H groups in total. The normalized spacial score (nSPS) is 45.9. The zero-order chi connectivity index (χ0) is 20.5. The lowest BCUT2D eigenvalue weighted by atomic mass is 9.47. The van der Waals surface area contributed by atoms with Crippen molar-refractivity contribution in [2.24, 2.45) is 28.6 Å². The smallest absolute Gasteiger partial charge is 0.251 e. The minimum atomic E-state index is -1.32. The zero-order valence-electron chi connectivity index (χ0n) is 18.3. The van der Waals surface area contributed by atoms with Gasteiger partial charge in [0.05, 0.1) is 0 Å². The Kier molecular flexibility index (Phi) is 4.65. The van der Waals surface area contributed by atoms with Gasteiger partial charge in [-0.15, -0.1) is 0 Å². The summed E-state index contributed by atoms with van der Waals surface area (Å²) < 4.78 is 0. The number of fused-ring (bicyclic) bond motifs is 5. The number of nitrogens with zero attached hydrogens (tertiary/aromatic N) is 1. The average Bonchev–Trinajstić information content (AvgIpc) is 2.94. The van der Waals surface area contributed by atoms with Crippen molar-refractivity contribution in [3.05, 3.63) is 0 Å². The van der Waals surface area contributed by atoms with Crippen molar-refractivity contribution < 1.29 is 14.7 Å². The third kappa shape index (κ3) is 2.83. The van der Waals surface area contributed by atoms with Gasteiger partial charge in [0.15, 0.2) is 0 Å². The minimum absolute atomic E-state index is 0.127. The Balaban J connectivity index is 1.55. The molecule has 1 aliphatic heterocycles. The van der Waals surface area contributed by atoms with E-state index in [9.17, 15) is 14.7 Å². The van der Waals surface area contributed by atoms with E-state index in [-0.39, 0.29) is 22.8 Å². The van der Waals surface area contributed by atoms with Crippen LogP contribution >= 0.6 is 0 Å². The predicted octanol–water partition coefficient (Wildman–Crippen LogP) is 3.11. The lowest BCUT2D eigenvalue weighted by Crippen LogP contribution is -2.62. The Labute approximate surface area is 169 Å². The van der Waals surface area contributed by atoms with Crippen LogP contribution in [0.25, 0.3) is 0 Å². The number of nitrogens with one attached hydrogen (secondary N) is 1. The molecule has 4 fully saturated rings. The van der Waals surface area contributed by atoms with Gasteiger partial charge in [0.1, 0.15) is 5.60 Å². The number of carbonyl (C=O) groups is 2. The summed E-state index contributed by atoms with van der Waals surface area (Å²) in [6, 6.07) is 0.560. The van der Waals surface area contributed by atoms with Crippen LogP contribution in [0.5, 0.6) is 0 Å². The van der Waals surface area contributed by atoms with Crippen LogP contribution < -0.4 is 5.32 Å². The molecule has 0 aromatic rings. The van der Waals surface area contributed by atoms with Gasteiger partial charge < -0.3 is 15.3 Å². The molecule has 4 rings (SSSR count).